The maximum atomic E-state index is 5.68. The van der Waals surface area contributed by atoms with E-state index in [1.54, 1.807) is 6.20 Å². The number of rotatable bonds is 3. The van der Waals surface area contributed by atoms with Crippen LogP contribution in [0.15, 0.2) is 47.2 Å². The monoisotopic (exact) mass is 277 g/mol. The molecule has 0 unspecified atom stereocenters. The first-order valence-electron chi connectivity index (χ1n) is 5.04. The molecule has 2 aromatic rings. The summed E-state index contributed by atoms with van der Waals surface area (Å²) in [4.78, 5) is 4.07. The van der Waals surface area contributed by atoms with E-state index in [-0.39, 0.29) is 0 Å². The Morgan fingerprint density at radius 3 is 2.88 bits per heavy atom. The Labute approximate surface area is 103 Å². The lowest BCUT2D eigenvalue weighted by Crippen LogP contribution is -1.95. The van der Waals surface area contributed by atoms with Gasteiger partial charge < -0.3 is 4.74 Å². The third-order valence-electron chi connectivity index (χ3n) is 2.19. The minimum atomic E-state index is 0.560. The van der Waals surface area contributed by atoms with E-state index in [1.165, 1.54) is 5.56 Å². The number of aryl methyl sites for hydroxylation is 1. The van der Waals surface area contributed by atoms with Crippen molar-refractivity contribution in [1.29, 1.82) is 0 Å². The van der Waals surface area contributed by atoms with Crippen molar-refractivity contribution >= 4 is 15.9 Å². The zero-order valence-corrected chi connectivity index (χ0v) is 10.6. The van der Waals surface area contributed by atoms with Gasteiger partial charge in [-0.15, -0.1) is 0 Å². The molecular formula is C13H12BrNO. The fourth-order valence-corrected chi connectivity index (χ4v) is 1.82. The minimum absolute atomic E-state index is 0.560. The van der Waals surface area contributed by atoms with Crippen molar-refractivity contribution < 1.29 is 4.74 Å². The average Bonchev–Trinajstić information content (AvgIpc) is 2.27. The molecule has 1 heterocycles. The molecule has 0 aliphatic heterocycles. The van der Waals surface area contributed by atoms with Gasteiger partial charge in [0.2, 0.25) is 0 Å². The highest BCUT2D eigenvalue weighted by molar-refractivity contribution is 9.10. The van der Waals surface area contributed by atoms with Crippen molar-refractivity contribution in [2.75, 3.05) is 0 Å². The van der Waals surface area contributed by atoms with Crippen LogP contribution in [0, 0.1) is 6.92 Å². The molecule has 0 spiro atoms. The Hall–Kier alpha value is -1.35. The fourth-order valence-electron chi connectivity index (χ4n) is 1.40. The van der Waals surface area contributed by atoms with Gasteiger partial charge in [-0.2, -0.15) is 0 Å². The van der Waals surface area contributed by atoms with Gasteiger partial charge in [0, 0.05) is 6.20 Å². The zero-order valence-electron chi connectivity index (χ0n) is 8.98. The molecule has 16 heavy (non-hydrogen) atoms. The van der Waals surface area contributed by atoms with Crippen LogP contribution in [0.1, 0.15) is 11.1 Å². The largest absolute Gasteiger partial charge is 0.489 e. The first kappa shape index (κ1) is 11.1. The SMILES string of the molecule is Cc1cccc(OCc2ccnc(Br)c2)c1. The van der Waals surface area contributed by atoms with Crippen LogP contribution < -0.4 is 4.74 Å². The van der Waals surface area contributed by atoms with Gasteiger partial charge in [-0.3, -0.25) is 0 Å². The van der Waals surface area contributed by atoms with Crippen LogP contribution in [-0.2, 0) is 6.61 Å². The maximum absolute atomic E-state index is 5.68. The molecule has 3 heteroatoms. The molecule has 0 N–H and O–H groups in total. The molecule has 0 amide bonds. The van der Waals surface area contributed by atoms with Crippen molar-refractivity contribution in [3.8, 4) is 5.75 Å². The Balaban J connectivity index is 2.02. The minimum Gasteiger partial charge on any atom is -0.489 e. The highest BCUT2D eigenvalue weighted by Crippen LogP contribution is 2.15. The molecule has 0 radical (unpaired) electrons. The second kappa shape index (κ2) is 5.12. The van der Waals surface area contributed by atoms with Crippen molar-refractivity contribution in [1.82, 2.24) is 4.98 Å². The summed E-state index contributed by atoms with van der Waals surface area (Å²) in [5.74, 6) is 0.896. The van der Waals surface area contributed by atoms with Gasteiger partial charge in [0.15, 0.2) is 0 Å². The number of nitrogens with zero attached hydrogens (tertiary/aromatic N) is 1. The summed E-state index contributed by atoms with van der Waals surface area (Å²) in [5, 5.41) is 0. The molecule has 2 rings (SSSR count). The first-order chi connectivity index (χ1) is 7.74. The Morgan fingerprint density at radius 1 is 1.25 bits per heavy atom. The summed E-state index contributed by atoms with van der Waals surface area (Å²) in [5.41, 5.74) is 2.30. The number of ether oxygens (including phenoxy) is 1. The molecule has 0 saturated heterocycles. The molecule has 82 valence electrons. The summed E-state index contributed by atoms with van der Waals surface area (Å²) < 4.78 is 6.51. The van der Waals surface area contributed by atoms with E-state index in [0.29, 0.717) is 6.61 Å². The molecule has 0 aliphatic rings. The van der Waals surface area contributed by atoms with Crippen molar-refractivity contribution in [3.63, 3.8) is 0 Å². The van der Waals surface area contributed by atoms with Crippen molar-refractivity contribution in [2.45, 2.75) is 13.5 Å². The lowest BCUT2D eigenvalue weighted by molar-refractivity contribution is 0.306. The lowest BCUT2D eigenvalue weighted by Gasteiger charge is -2.06. The lowest BCUT2D eigenvalue weighted by atomic mass is 10.2. The van der Waals surface area contributed by atoms with Gasteiger partial charge in [0.1, 0.15) is 17.0 Å². The van der Waals surface area contributed by atoms with E-state index >= 15 is 0 Å². The van der Waals surface area contributed by atoms with E-state index in [9.17, 15) is 0 Å². The van der Waals surface area contributed by atoms with Crippen molar-refractivity contribution in [3.05, 3.63) is 58.3 Å². The Morgan fingerprint density at radius 2 is 2.12 bits per heavy atom. The standard InChI is InChI=1S/C13H12BrNO/c1-10-3-2-4-12(7-10)16-9-11-5-6-15-13(14)8-11/h2-8H,9H2,1H3. The molecule has 0 bridgehead atoms. The quantitative estimate of drug-likeness (QED) is 0.798. The average molecular weight is 278 g/mol. The topological polar surface area (TPSA) is 22.1 Å². The van der Waals surface area contributed by atoms with Crippen LogP contribution in [0.4, 0.5) is 0 Å². The number of aromatic nitrogens is 1. The molecule has 2 nitrogen and oxygen atoms in total. The van der Waals surface area contributed by atoms with E-state index in [1.807, 2.05) is 30.3 Å². The second-order valence-electron chi connectivity index (χ2n) is 3.59. The van der Waals surface area contributed by atoms with E-state index < -0.39 is 0 Å². The third kappa shape index (κ3) is 3.07. The Bertz CT molecular complexity index is 439. The summed E-state index contributed by atoms with van der Waals surface area (Å²) in [7, 11) is 0. The first-order valence-corrected chi connectivity index (χ1v) is 5.83. The third-order valence-corrected chi connectivity index (χ3v) is 2.62. The van der Waals surface area contributed by atoms with E-state index in [2.05, 4.69) is 33.9 Å². The fraction of sp³-hybridized carbons (Fsp3) is 0.154. The van der Waals surface area contributed by atoms with Crippen LogP contribution >= 0.6 is 15.9 Å². The zero-order chi connectivity index (χ0) is 11.4. The smallest absolute Gasteiger partial charge is 0.120 e. The van der Waals surface area contributed by atoms with Crippen LogP contribution in [0.2, 0.25) is 0 Å². The van der Waals surface area contributed by atoms with Crippen LogP contribution in [-0.4, -0.2) is 4.98 Å². The number of halogens is 1. The number of benzene rings is 1. The predicted molar refractivity (Wildman–Crippen MR) is 67.4 cm³/mol. The number of hydrogen-bond acceptors (Lipinski definition) is 2. The van der Waals surface area contributed by atoms with Gasteiger partial charge in [-0.1, -0.05) is 12.1 Å². The summed E-state index contributed by atoms with van der Waals surface area (Å²) in [6, 6.07) is 11.9. The summed E-state index contributed by atoms with van der Waals surface area (Å²) in [6.45, 7) is 2.61. The number of pyridine rings is 1. The second-order valence-corrected chi connectivity index (χ2v) is 4.40. The highest BCUT2D eigenvalue weighted by Gasteiger charge is 1.97. The predicted octanol–water partition coefficient (Wildman–Crippen LogP) is 3.73. The van der Waals surface area contributed by atoms with E-state index in [0.717, 1.165) is 15.9 Å². The number of hydrogen-bond donors (Lipinski definition) is 0. The maximum Gasteiger partial charge on any atom is 0.120 e. The van der Waals surface area contributed by atoms with Crippen LogP contribution in [0.3, 0.4) is 0 Å². The van der Waals surface area contributed by atoms with Gasteiger partial charge in [-0.25, -0.2) is 4.98 Å². The normalized spacial score (nSPS) is 10.1. The van der Waals surface area contributed by atoms with Gasteiger partial charge >= 0.3 is 0 Å². The van der Waals surface area contributed by atoms with Crippen molar-refractivity contribution in [2.24, 2.45) is 0 Å². The van der Waals surface area contributed by atoms with Gasteiger partial charge in [-0.05, 0) is 58.2 Å². The van der Waals surface area contributed by atoms with Crippen LogP contribution in [0.5, 0.6) is 5.75 Å². The Kier molecular flexibility index (Phi) is 3.57. The van der Waals surface area contributed by atoms with Gasteiger partial charge in [0.25, 0.3) is 0 Å². The summed E-state index contributed by atoms with van der Waals surface area (Å²) >= 11 is 3.33. The van der Waals surface area contributed by atoms with E-state index in [4.69, 9.17) is 4.74 Å². The summed E-state index contributed by atoms with van der Waals surface area (Å²) in [6.07, 6.45) is 1.76. The molecule has 0 saturated carbocycles. The molecular weight excluding hydrogens is 266 g/mol. The van der Waals surface area contributed by atoms with Crippen LogP contribution in [0.25, 0.3) is 0 Å². The molecule has 0 fully saturated rings. The molecule has 1 aromatic carbocycles. The highest BCUT2D eigenvalue weighted by atomic mass is 79.9. The molecule has 0 atom stereocenters. The molecule has 0 aliphatic carbocycles. The van der Waals surface area contributed by atoms with Gasteiger partial charge in [0.05, 0.1) is 0 Å². The molecule has 1 aromatic heterocycles.